The minimum atomic E-state index is -0.239. The standard InChI is InChI=1S/C20H19FN6S3/c21-12-7-5-11(6-8-12)9-23-19-26-27-20(30-19)28-10-15-24-17(22)16-13-3-1-2-4-14(13)29-18(16)25-15/h5-8H,1-4,9-10H2,(H,23,26)(H2,22,24,25). The zero-order valence-corrected chi connectivity index (χ0v) is 18.5. The molecule has 4 aromatic rings. The van der Waals surface area contributed by atoms with Gasteiger partial charge >= 0.3 is 0 Å². The van der Waals surface area contributed by atoms with E-state index < -0.39 is 0 Å². The Hall–Kier alpha value is -2.30. The van der Waals surface area contributed by atoms with Gasteiger partial charge in [-0.15, -0.1) is 21.5 Å². The van der Waals surface area contributed by atoms with Gasteiger partial charge in [-0.2, -0.15) is 0 Å². The second-order valence-corrected chi connectivity index (χ2v) is 10.3. The fraction of sp³-hybridized carbons (Fsp3) is 0.300. The van der Waals surface area contributed by atoms with Crippen LogP contribution in [-0.4, -0.2) is 20.2 Å². The number of benzene rings is 1. The number of hydrogen-bond donors (Lipinski definition) is 2. The van der Waals surface area contributed by atoms with Crippen molar-refractivity contribution in [2.45, 2.75) is 42.3 Å². The number of nitrogens with two attached hydrogens (primary N) is 1. The summed E-state index contributed by atoms with van der Waals surface area (Å²) in [5.41, 5.74) is 8.63. The predicted octanol–water partition coefficient (Wildman–Crippen LogP) is 5.05. The summed E-state index contributed by atoms with van der Waals surface area (Å²) in [5, 5.41) is 13.4. The van der Waals surface area contributed by atoms with Crippen molar-refractivity contribution in [2.75, 3.05) is 11.1 Å². The SMILES string of the molecule is Nc1nc(CSc2nnc(NCc3ccc(F)cc3)s2)nc2sc3c(c12)CCCC3. The maximum atomic E-state index is 13.0. The maximum absolute atomic E-state index is 13.0. The molecule has 0 saturated carbocycles. The molecule has 154 valence electrons. The highest BCUT2D eigenvalue weighted by Gasteiger charge is 2.20. The predicted molar refractivity (Wildman–Crippen MR) is 122 cm³/mol. The number of fused-ring (bicyclic) bond motifs is 3. The number of nitrogens with one attached hydrogen (secondary N) is 1. The highest BCUT2D eigenvalue weighted by atomic mass is 32.2. The Morgan fingerprint density at radius 1 is 1.07 bits per heavy atom. The summed E-state index contributed by atoms with van der Waals surface area (Å²) in [5.74, 6) is 1.67. The summed E-state index contributed by atoms with van der Waals surface area (Å²) in [6.45, 7) is 0.568. The Kier molecular flexibility index (Phi) is 5.53. The lowest BCUT2D eigenvalue weighted by molar-refractivity contribution is 0.627. The van der Waals surface area contributed by atoms with Gasteiger partial charge < -0.3 is 11.1 Å². The molecule has 10 heteroatoms. The number of nitrogens with zero attached hydrogens (tertiary/aromatic N) is 4. The molecule has 30 heavy (non-hydrogen) atoms. The smallest absolute Gasteiger partial charge is 0.206 e. The van der Waals surface area contributed by atoms with Crippen LogP contribution in [-0.2, 0) is 25.1 Å². The van der Waals surface area contributed by atoms with Gasteiger partial charge in [0.25, 0.3) is 0 Å². The van der Waals surface area contributed by atoms with Crippen molar-refractivity contribution in [3.63, 3.8) is 0 Å². The van der Waals surface area contributed by atoms with Crippen molar-refractivity contribution in [1.29, 1.82) is 0 Å². The van der Waals surface area contributed by atoms with Gasteiger partial charge in [0.15, 0.2) is 4.34 Å². The molecule has 5 rings (SSSR count). The lowest BCUT2D eigenvalue weighted by Crippen LogP contribution is -2.02. The highest BCUT2D eigenvalue weighted by molar-refractivity contribution is 8.00. The number of aryl methyl sites for hydroxylation is 2. The third kappa shape index (κ3) is 4.12. The van der Waals surface area contributed by atoms with Crippen LogP contribution in [0.5, 0.6) is 0 Å². The molecule has 0 bridgehead atoms. The second kappa shape index (κ2) is 8.44. The van der Waals surface area contributed by atoms with E-state index in [4.69, 9.17) is 10.7 Å². The number of nitrogen functional groups attached to an aromatic ring is 1. The topological polar surface area (TPSA) is 89.6 Å². The molecule has 1 aromatic carbocycles. The summed E-state index contributed by atoms with van der Waals surface area (Å²) in [4.78, 5) is 11.7. The largest absolute Gasteiger partial charge is 0.383 e. The first-order valence-corrected chi connectivity index (χ1v) is 12.3. The van der Waals surface area contributed by atoms with E-state index in [0.717, 1.165) is 43.9 Å². The summed E-state index contributed by atoms with van der Waals surface area (Å²) in [6, 6.07) is 6.40. The zero-order valence-electron chi connectivity index (χ0n) is 16.0. The van der Waals surface area contributed by atoms with E-state index >= 15 is 0 Å². The van der Waals surface area contributed by atoms with Gasteiger partial charge in [-0.1, -0.05) is 35.2 Å². The van der Waals surface area contributed by atoms with Crippen molar-refractivity contribution in [2.24, 2.45) is 0 Å². The zero-order chi connectivity index (χ0) is 20.5. The molecule has 0 unspecified atom stereocenters. The third-order valence-corrected chi connectivity index (χ3v) is 8.17. The summed E-state index contributed by atoms with van der Waals surface area (Å²) in [7, 11) is 0. The number of halogens is 1. The molecule has 0 radical (unpaired) electrons. The van der Waals surface area contributed by atoms with Crippen molar-refractivity contribution in [3.05, 3.63) is 51.9 Å². The number of hydrogen-bond acceptors (Lipinski definition) is 9. The fourth-order valence-electron chi connectivity index (χ4n) is 3.54. The molecular formula is C20H19FN6S3. The van der Waals surface area contributed by atoms with Crippen LogP contribution >= 0.6 is 34.4 Å². The highest BCUT2D eigenvalue weighted by Crippen LogP contribution is 2.38. The second-order valence-electron chi connectivity index (χ2n) is 7.06. The Balaban J connectivity index is 1.24. The monoisotopic (exact) mass is 458 g/mol. The molecule has 3 aromatic heterocycles. The third-order valence-electron chi connectivity index (χ3n) is 4.98. The van der Waals surface area contributed by atoms with Gasteiger partial charge in [-0.3, -0.25) is 0 Å². The molecule has 1 aliphatic carbocycles. The van der Waals surface area contributed by atoms with E-state index in [1.807, 2.05) is 0 Å². The molecule has 0 amide bonds. The quantitative estimate of drug-likeness (QED) is 0.391. The van der Waals surface area contributed by atoms with Crippen LogP contribution in [0, 0.1) is 5.82 Å². The average Bonchev–Trinajstić information content (AvgIpc) is 3.36. The molecule has 0 atom stereocenters. The number of thioether (sulfide) groups is 1. The molecule has 0 saturated heterocycles. The Bertz CT molecular complexity index is 1190. The molecule has 3 heterocycles. The van der Waals surface area contributed by atoms with Gasteiger partial charge in [-0.05, 0) is 48.9 Å². The Morgan fingerprint density at radius 3 is 2.77 bits per heavy atom. The first kappa shape index (κ1) is 19.7. The molecule has 0 aliphatic heterocycles. The summed E-state index contributed by atoms with van der Waals surface area (Å²) >= 11 is 4.79. The van der Waals surface area contributed by atoms with E-state index in [-0.39, 0.29) is 5.82 Å². The van der Waals surface area contributed by atoms with E-state index in [1.54, 1.807) is 35.2 Å². The first-order chi connectivity index (χ1) is 14.7. The minimum Gasteiger partial charge on any atom is -0.383 e. The van der Waals surface area contributed by atoms with Crippen LogP contribution in [0.2, 0.25) is 0 Å². The van der Waals surface area contributed by atoms with Crippen molar-refractivity contribution in [3.8, 4) is 0 Å². The fourth-order valence-corrected chi connectivity index (χ4v) is 6.43. The van der Waals surface area contributed by atoms with Gasteiger partial charge in [0, 0.05) is 11.4 Å². The van der Waals surface area contributed by atoms with Crippen molar-refractivity contribution >= 4 is 55.6 Å². The van der Waals surface area contributed by atoms with E-state index in [9.17, 15) is 4.39 Å². The summed E-state index contributed by atoms with van der Waals surface area (Å²) < 4.78 is 13.8. The minimum absolute atomic E-state index is 0.239. The number of thiophene rings is 1. The molecule has 1 aliphatic rings. The van der Waals surface area contributed by atoms with Crippen LogP contribution < -0.4 is 11.1 Å². The number of rotatable bonds is 6. The van der Waals surface area contributed by atoms with Gasteiger partial charge in [0.05, 0.1) is 11.1 Å². The van der Waals surface area contributed by atoms with Crippen LogP contribution in [0.4, 0.5) is 15.3 Å². The molecular weight excluding hydrogens is 439 g/mol. The Labute approximate surface area is 185 Å². The summed E-state index contributed by atoms with van der Waals surface area (Å²) in [6.07, 6.45) is 4.66. The van der Waals surface area contributed by atoms with Crippen LogP contribution in [0.25, 0.3) is 10.2 Å². The van der Waals surface area contributed by atoms with Crippen molar-refractivity contribution in [1.82, 2.24) is 20.2 Å². The van der Waals surface area contributed by atoms with Gasteiger partial charge in [-0.25, -0.2) is 14.4 Å². The molecule has 0 fully saturated rings. The van der Waals surface area contributed by atoms with E-state index in [2.05, 4.69) is 20.5 Å². The average molecular weight is 459 g/mol. The van der Waals surface area contributed by atoms with Gasteiger partial charge in [0.1, 0.15) is 22.3 Å². The van der Waals surface area contributed by atoms with Crippen LogP contribution in [0.3, 0.4) is 0 Å². The van der Waals surface area contributed by atoms with E-state index in [1.165, 1.54) is 46.8 Å². The number of anilines is 2. The van der Waals surface area contributed by atoms with Crippen molar-refractivity contribution < 1.29 is 4.39 Å². The van der Waals surface area contributed by atoms with Gasteiger partial charge in [0.2, 0.25) is 5.13 Å². The molecule has 6 nitrogen and oxygen atoms in total. The Morgan fingerprint density at radius 2 is 1.90 bits per heavy atom. The van der Waals surface area contributed by atoms with Crippen LogP contribution in [0.1, 0.15) is 34.7 Å². The normalized spacial score (nSPS) is 13.5. The van der Waals surface area contributed by atoms with Crippen LogP contribution in [0.15, 0.2) is 28.6 Å². The molecule has 0 spiro atoms. The lowest BCUT2D eigenvalue weighted by atomic mass is 9.97. The maximum Gasteiger partial charge on any atom is 0.206 e. The lowest BCUT2D eigenvalue weighted by Gasteiger charge is -2.10. The first-order valence-electron chi connectivity index (χ1n) is 9.67. The van der Waals surface area contributed by atoms with E-state index in [0.29, 0.717) is 18.1 Å². The number of aromatic nitrogens is 4. The molecule has 3 N–H and O–H groups in total.